The third kappa shape index (κ3) is 4.01. The van der Waals surface area contributed by atoms with E-state index in [9.17, 15) is 5.11 Å². The zero-order valence-corrected chi connectivity index (χ0v) is 13.1. The van der Waals surface area contributed by atoms with Crippen molar-refractivity contribution in [3.8, 4) is 11.5 Å². The molecule has 1 aromatic carbocycles. The Morgan fingerprint density at radius 2 is 1.90 bits per heavy atom. The summed E-state index contributed by atoms with van der Waals surface area (Å²) in [5.74, 6) is 1.72. The van der Waals surface area contributed by atoms with Gasteiger partial charge in [-0.1, -0.05) is 18.5 Å². The first-order valence-corrected chi connectivity index (χ1v) is 7.21. The van der Waals surface area contributed by atoms with Gasteiger partial charge in [-0.2, -0.15) is 0 Å². The normalized spacial score (nSPS) is 13.9. The van der Waals surface area contributed by atoms with E-state index in [0.29, 0.717) is 17.3 Å². The lowest BCUT2D eigenvalue weighted by molar-refractivity contribution is 0.214. The van der Waals surface area contributed by atoms with Crippen molar-refractivity contribution >= 4 is 11.6 Å². The zero-order valence-electron chi connectivity index (χ0n) is 12.4. The molecule has 0 saturated heterocycles. The van der Waals surface area contributed by atoms with E-state index in [1.807, 2.05) is 6.07 Å². The molecule has 0 aromatic heterocycles. The minimum Gasteiger partial charge on any atom is -0.496 e. The molecule has 5 heteroatoms. The van der Waals surface area contributed by atoms with Crippen molar-refractivity contribution in [2.45, 2.75) is 25.7 Å². The number of ether oxygens (including phenoxy) is 2. The molecule has 2 unspecified atom stereocenters. The molecule has 4 nitrogen and oxygen atoms in total. The molecule has 0 aliphatic carbocycles. The van der Waals surface area contributed by atoms with Crippen LogP contribution in [-0.2, 0) is 0 Å². The van der Waals surface area contributed by atoms with Crippen LogP contribution in [0.4, 0.5) is 0 Å². The van der Waals surface area contributed by atoms with Crippen molar-refractivity contribution in [1.29, 1.82) is 0 Å². The molecule has 0 fully saturated rings. The molecule has 0 bridgehead atoms. The summed E-state index contributed by atoms with van der Waals surface area (Å²) in [5.41, 5.74) is 6.72. The molecule has 1 rings (SSSR count). The van der Waals surface area contributed by atoms with Gasteiger partial charge in [0.1, 0.15) is 11.5 Å². The van der Waals surface area contributed by atoms with Gasteiger partial charge in [0, 0.05) is 18.2 Å². The van der Waals surface area contributed by atoms with E-state index in [2.05, 4.69) is 6.92 Å². The largest absolute Gasteiger partial charge is 0.496 e. The summed E-state index contributed by atoms with van der Waals surface area (Å²) >= 11 is 6.12. The summed E-state index contributed by atoms with van der Waals surface area (Å²) in [6.07, 6.45) is 1.74. The van der Waals surface area contributed by atoms with Crippen LogP contribution in [0.5, 0.6) is 11.5 Å². The van der Waals surface area contributed by atoms with Crippen molar-refractivity contribution in [2.75, 3.05) is 27.4 Å². The maximum absolute atomic E-state index is 9.33. The quantitative estimate of drug-likeness (QED) is 0.775. The van der Waals surface area contributed by atoms with Crippen LogP contribution in [0.2, 0.25) is 5.02 Å². The van der Waals surface area contributed by atoms with E-state index in [1.54, 1.807) is 20.3 Å². The van der Waals surface area contributed by atoms with Gasteiger partial charge in [-0.3, -0.25) is 0 Å². The first-order valence-electron chi connectivity index (χ1n) is 6.83. The molecule has 20 heavy (non-hydrogen) atoms. The molecule has 0 amide bonds. The average Bonchev–Trinajstić information content (AvgIpc) is 2.48. The Morgan fingerprint density at radius 3 is 2.35 bits per heavy atom. The van der Waals surface area contributed by atoms with Gasteiger partial charge >= 0.3 is 0 Å². The zero-order chi connectivity index (χ0) is 15.1. The Kier molecular flexibility index (Phi) is 7.13. The maximum Gasteiger partial charge on any atom is 0.138 e. The second kappa shape index (κ2) is 8.35. The number of aliphatic hydroxyl groups is 1. The number of aliphatic hydroxyl groups excluding tert-OH is 1. The number of nitrogens with two attached hydrogens (primary N) is 1. The Labute approximate surface area is 125 Å². The van der Waals surface area contributed by atoms with Gasteiger partial charge in [-0.05, 0) is 37.3 Å². The first kappa shape index (κ1) is 17.1. The van der Waals surface area contributed by atoms with Crippen LogP contribution in [0.3, 0.4) is 0 Å². The Hall–Kier alpha value is -0.970. The van der Waals surface area contributed by atoms with Gasteiger partial charge in [0.05, 0.1) is 19.2 Å². The van der Waals surface area contributed by atoms with Crippen molar-refractivity contribution in [3.63, 3.8) is 0 Å². The highest BCUT2D eigenvalue weighted by molar-refractivity contribution is 6.32. The van der Waals surface area contributed by atoms with Crippen LogP contribution in [0.15, 0.2) is 12.1 Å². The molecule has 2 atom stereocenters. The Bertz CT molecular complexity index is 422. The van der Waals surface area contributed by atoms with E-state index < -0.39 is 0 Å². The minimum atomic E-state index is 0.0892. The summed E-state index contributed by atoms with van der Waals surface area (Å²) in [6, 6.07) is 3.69. The molecule has 0 radical (unpaired) electrons. The fourth-order valence-corrected chi connectivity index (χ4v) is 2.60. The van der Waals surface area contributed by atoms with E-state index in [1.165, 1.54) is 0 Å². The van der Waals surface area contributed by atoms with Gasteiger partial charge in [0.2, 0.25) is 0 Å². The van der Waals surface area contributed by atoms with Crippen molar-refractivity contribution in [1.82, 2.24) is 0 Å². The molecule has 114 valence electrons. The van der Waals surface area contributed by atoms with Crippen LogP contribution in [0, 0.1) is 5.92 Å². The summed E-state index contributed by atoms with van der Waals surface area (Å²) in [7, 11) is 3.22. The predicted molar refractivity (Wildman–Crippen MR) is 81.8 cm³/mol. The van der Waals surface area contributed by atoms with Gasteiger partial charge in [0.25, 0.3) is 0 Å². The van der Waals surface area contributed by atoms with Gasteiger partial charge in [0.15, 0.2) is 0 Å². The van der Waals surface area contributed by atoms with Crippen molar-refractivity contribution in [3.05, 3.63) is 22.7 Å². The number of rotatable bonds is 8. The Balaban J connectivity index is 3.12. The van der Waals surface area contributed by atoms with Gasteiger partial charge < -0.3 is 20.3 Å². The second-order valence-corrected chi connectivity index (χ2v) is 5.26. The summed E-state index contributed by atoms with van der Waals surface area (Å²) in [6.45, 7) is 2.68. The van der Waals surface area contributed by atoms with Gasteiger partial charge in [-0.15, -0.1) is 0 Å². The summed E-state index contributed by atoms with van der Waals surface area (Å²) in [5, 5.41) is 9.86. The third-order valence-electron chi connectivity index (χ3n) is 3.65. The van der Waals surface area contributed by atoms with E-state index >= 15 is 0 Å². The lowest BCUT2D eigenvalue weighted by atomic mass is 9.86. The highest BCUT2D eigenvalue weighted by Crippen LogP contribution is 2.39. The predicted octanol–water partition coefficient (Wildman–Crippen LogP) is 2.81. The smallest absolute Gasteiger partial charge is 0.138 e. The third-order valence-corrected chi connectivity index (χ3v) is 3.94. The van der Waals surface area contributed by atoms with Crippen LogP contribution < -0.4 is 15.2 Å². The topological polar surface area (TPSA) is 64.7 Å². The molecule has 0 aliphatic heterocycles. The maximum atomic E-state index is 9.33. The minimum absolute atomic E-state index is 0.0892. The number of halogens is 1. The molecular formula is C15H24ClNO3. The monoisotopic (exact) mass is 301 g/mol. The molecule has 3 N–H and O–H groups in total. The molecular weight excluding hydrogens is 278 g/mol. The van der Waals surface area contributed by atoms with E-state index in [0.717, 1.165) is 24.2 Å². The molecule has 0 aliphatic rings. The lowest BCUT2D eigenvalue weighted by Gasteiger charge is -2.23. The molecule has 1 aromatic rings. The van der Waals surface area contributed by atoms with E-state index in [4.69, 9.17) is 26.8 Å². The van der Waals surface area contributed by atoms with E-state index in [-0.39, 0.29) is 18.4 Å². The number of methoxy groups -OCH3 is 2. The van der Waals surface area contributed by atoms with Crippen LogP contribution in [0.1, 0.15) is 31.2 Å². The molecule has 0 saturated carbocycles. The summed E-state index contributed by atoms with van der Waals surface area (Å²) < 4.78 is 10.7. The fourth-order valence-electron chi connectivity index (χ4n) is 2.36. The highest BCUT2D eigenvalue weighted by atomic mass is 35.5. The fraction of sp³-hybridized carbons (Fsp3) is 0.600. The number of benzene rings is 1. The number of hydrogen-bond donors (Lipinski definition) is 2. The van der Waals surface area contributed by atoms with Gasteiger partial charge in [-0.25, -0.2) is 0 Å². The number of hydrogen-bond acceptors (Lipinski definition) is 4. The SMILES string of the molecule is CCC(CC(CN)CO)c1cc(OC)c(Cl)cc1OC. The Morgan fingerprint density at radius 1 is 1.25 bits per heavy atom. The first-order chi connectivity index (χ1) is 9.60. The lowest BCUT2D eigenvalue weighted by Crippen LogP contribution is -2.21. The second-order valence-electron chi connectivity index (χ2n) is 4.85. The molecule has 0 spiro atoms. The van der Waals surface area contributed by atoms with Crippen LogP contribution in [0.25, 0.3) is 0 Å². The van der Waals surface area contributed by atoms with Crippen molar-refractivity contribution < 1.29 is 14.6 Å². The standard InChI is InChI=1S/C15H24ClNO3/c1-4-11(5-10(8-17)9-18)12-6-15(20-3)13(16)7-14(12)19-2/h6-7,10-11,18H,4-5,8-9,17H2,1-3H3. The molecule has 0 heterocycles. The van der Waals surface area contributed by atoms with Crippen LogP contribution in [-0.4, -0.2) is 32.5 Å². The van der Waals surface area contributed by atoms with Crippen molar-refractivity contribution in [2.24, 2.45) is 11.7 Å². The summed E-state index contributed by atoms with van der Waals surface area (Å²) in [4.78, 5) is 0. The average molecular weight is 302 g/mol. The van der Waals surface area contributed by atoms with Crippen LogP contribution >= 0.6 is 11.6 Å². The highest BCUT2D eigenvalue weighted by Gasteiger charge is 2.21.